The number of guanidine groups is 1. The number of aromatic nitrogens is 1. The summed E-state index contributed by atoms with van der Waals surface area (Å²) >= 11 is 0. The summed E-state index contributed by atoms with van der Waals surface area (Å²) in [5.41, 5.74) is 1.98. The van der Waals surface area contributed by atoms with Gasteiger partial charge in [-0.2, -0.15) is 0 Å². The van der Waals surface area contributed by atoms with Crippen LogP contribution < -0.4 is 10.6 Å². The van der Waals surface area contributed by atoms with E-state index in [0.29, 0.717) is 45.1 Å². The Balaban J connectivity index is 2.03. The van der Waals surface area contributed by atoms with Crippen LogP contribution in [0.25, 0.3) is 0 Å². The SMILES string of the molecule is CCc1noc(CC)c1CNC(=NC)NCC1(S(C)(=O)=O)CCOCC1. The molecule has 0 spiro atoms. The second-order valence-electron chi connectivity index (χ2n) is 6.58. The van der Waals surface area contributed by atoms with Crippen LogP contribution in [0.15, 0.2) is 9.52 Å². The molecule has 0 bridgehead atoms. The van der Waals surface area contributed by atoms with E-state index < -0.39 is 14.6 Å². The quantitative estimate of drug-likeness (QED) is 0.533. The minimum absolute atomic E-state index is 0.305. The average Bonchev–Trinajstić information content (AvgIpc) is 3.03. The highest BCUT2D eigenvalue weighted by Crippen LogP contribution is 2.28. The van der Waals surface area contributed by atoms with E-state index in [1.54, 1.807) is 7.05 Å². The molecule has 0 amide bonds. The first-order valence-corrected chi connectivity index (χ1v) is 10.9. The van der Waals surface area contributed by atoms with Gasteiger partial charge in [-0.25, -0.2) is 8.42 Å². The summed E-state index contributed by atoms with van der Waals surface area (Å²) in [6.07, 6.45) is 3.84. The van der Waals surface area contributed by atoms with Crippen molar-refractivity contribution in [1.82, 2.24) is 15.8 Å². The van der Waals surface area contributed by atoms with E-state index in [9.17, 15) is 8.42 Å². The number of nitrogens with zero attached hydrogens (tertiary/aromatic N) is 2. The van der Waals surface area contributed by atoms with Gasteiger partial charge in [-0.3, -0.25) is 4.99 Å². The minimum Gasteiger partial charge on any atom is -0.381 e. The number of nitrogens with one attached hydrogen (secondary N) is 2. The molecule has 1 aliphatic rings. The monoisotopic (exact) mass is 386 g/mol. The molecule has 1 fully saturated rings. The molecule has 26 heavy (non-hydrogen) atoms. The van der Waals surface area contributed by atoms with Crippen molar-refractivity contribution in [1.29, 1.82) is 0 Å². The maximum Gasteiger partial charge on any atom is 0.191 e. The Bertz CT molecular complexity index is 700. The molecule has 1 aromatic rings. The van der Waals surface area contributed by atoms with Crippen LogP contribution in [0.2, 0.25) is 0 Å². The number of aryl methyl sites for hydroxylation is 2. The first kappa shape index (κ1) is 20.7. The van der Waals surface area contributed by atoms with Gasteiger partial charge in [0.25, 0.3) is 0 Å². The smallest absolute Gasteiger partial charge is 0.191 e. The zero-order valence-corrected chi connectivity index (χ0v) is 16.9. The minimum atomic E-state index is -3.22. The normalized spacial score (nSPS) is 17.9. The Morgan fingerprint density at radius 1 is 1.23 bits per heavy atom. The van der Waals surface area contributed by atoms with Gasteiger partial charge in [-0.15, -0.1) is 0 Å². The number of hydrogen-bond acceptors (Lipinski definition) is 6. The summed E-state index contributed by atoms with van der Waals surface area (Å²) < 4.78 is 34.6. The summed E-state index contributed by atoms with van der Waals surface area (Å²) in [6.45, 7) is 5.82. The molecule has 0 unspecified atom stereocenters. The predicted octanol–water partition coefficient (Wildman–Crippen LogP) is 1.06. The van der Waals surface area contributed by atoms with Crippen molar-refractivity contribution in [2.45, 2.75) is 50.8 Å². The molecule has 1 aromatic heterocycles. The Morgan fingerprint density at radius 2 is 1.92 bits per heavy atom. The van der Waals surface area contributed by atoms with Crippen LogP contribution in [0, 0.1) is 0 Å². The zero-order chi connectivity index (χ0) is 19.2. The van der Waals surface area contributed by atoms with Gasteiger partial charge >= 0.3 is 0 Å². The second-order valence-corrected chi connectivity index (χ2v) is 9.00. The van der Waals surface area contributed by atoms with Gasteiger partial charge < -0.3 is 19.9 Å². The Morgan fingerprint density at radius 3 is 2.46 bits per heavy atom. The molecule has 0 saturated carbocycles. The fraction of sp³-hybridized carbons (Fsp3) is 0.765. The molecule has 8 nitrogen and oxygen atoms in total. The number of ether oxygens (including phenoxy) is 1. The van der Waals surface area contributed by atoms with Gasteiger partial charge in [0.15, 0.2) is 15.8 Å². The lowest BCUT2D eigenvalue weighted by atomic mass is 9.99. The zero-order valence-electron chi connectivity index (χ0n) is 16.1. The molecule has 1 saturated heterocycles. The maximum absolute atomic E-state index is 12.3. The highest BCUT2D eigenvalue weighted by molar-refractivity contribution is 7.92. The summed E-state index contributed by atoms with van der Waals surface area (Å²) in [6, 6.07) is 0. The highest BCUT2D eigenvalue weighted by atomic mass is 32.2. The predicted molar refractivity (Wildman–Crippen MR) is 101 cm³/mol. The van der Waals surface area contributed by atoms with Crippen LogP contribution in [0.3, 0.4) is 0 Å². The molecule has 148 valence electrons. The average molecular weight is 387 g/mol. The lowest BCUT2D eigenvalue weighted by molar-refractivity contribution is 0.0756. The van der Waals surface area contributed by atoms with Crippen molar-refractivity contribution in [2.75, 3.05) is 33.1 Å². The van der Waals surface area contributed by atoms with E-state index in [-0.39, 0.29) is 0 Å². The van der Waals surface area contributed by atoms with Gasteiger partial charge in [0.05, 0.1) is 10.4 Å². The van der Waals surface area contributed by atoms with Crippen LogP contribution in [0.1, 0.15) is 43.7 Å². The Labute approximate surface area is 155 Å². The largest absolute Gasteiger partial charge is 0.381 e. The third-order valence-electron chi connectivity index (χ3n) is 5.03. The molecule has 0 atom stereocenters. The van der Waals surface area contributed by atoms with Crippen molar-refractivity contribution in [3.63, 3.8) is 0 Å². The van der Waals surface area contributed by atoms with E-state index in [1.165, 1.54) is 6.26 Å². The fourth-order valence-corrected chi connectivity index (χ4v) is 4.44. The third kappa shape index (κ3) is 4.56. The topological polar surface area (TPSA) is 106 Å². The first-order chi connectivity index (χ1) is 12.4. The van der Waals surface area contributed by atoms with E-state index in [4.69, 9.17) is 9.26 Å². The Kier molecular flexibility index (Phi) is 7.05. The molecular weight excluding hydrogens is 356 g/mol. The number of rotatable bonds is 7. The van der Waals surface area contributed by atoms with Crippen LogP contribution in [-0.4, -0.2) is 57.3 Å². The van der Waals surface area contributed by atoms with Crippen molar-refractivity contribution < 1.29 is 17.7 Å². The molecule has 0 aromatic carbocycles. The summed E-state index contributed by atoms with van der Waals surface area (Å²) in [7, 11) is -1.55. The van der Waals surface area contributed by atoms with Crippen LogP contribution in [0.4, 0.5) is 0 Å². The van der Waals surface area contributed by atoms with Gasteiger partial charge in [0.1, 0.15) is 5.76 Å². The molecular formula is C17H30N4O4S. The Hall–Kier alpha value is -1.61. The van der Waals surface area contributed by atoms with Crippen molar-refractivity contribution in [2.24, 2.45) is 4.99 Å². The van der Waals surface area contributed by atoms with Crippen molar-refractivity contribution in [3.8, 4) is 0 Å². The van der Waals surface area contributed by atoms with Gasteiger partial charge in [0, 0.05) is 51.6 Å². The fourth-order valence-electron chi connectivity index (χ4n) is 3.20. The lowest BCUT2D eigenvalue weighted by Crippen LogP contribution is -2.53. The molecule has 9 heteroatoms. The first-order valence-electron chi connectivity index (χ1n) is 9.05. The van der Waals surface area contributed by atoms with Crippen LogP contribution in [-0.2, 0) is 34.0 Å². The molecule has 0 aliphatic carbocycles. The maximum atomic E-state index is 12.3. The number of hydrogen-bond donors (Lipinski definition) is 2. The lowest BCUT2D eigenvalue weighted by Gasteiger charge is -2.35. The molecule has 2 heterocycles. The van der Waals surface area contributed by atoms with Crippen molar-refractivity contribution in [3.05, 3.63) is 17.0 Å². The van der Waals surface area contributed by atoms with Gasteiger partial charge in [0.2, 0.25) is 0 Å². The van der Waals surface area contributed by atoms with Gasteiger partial charge in [-0.1, -0.05) is 19.0 Å². The number of sulfone groups is 1. The van der Waals surface area contributed by atoms with Crippen molar-refractivity contribution >= 4 is 15.8 Å². The van der Waals surface area contributed by atoms with E-state index in [2.05, 4.69) is 20.8 Å². The summed E-state index contributed by atoms with van der Waals surface area (Å²) in [5.74, 6) is 1.42. The van der Waals surface area contributed by atoms with E-state index in [1.807, 2.05) is 13.8 Å². The van der Waals surface area contributed by atoms with Gasteiger partial charge in [-0.05, 0) is 19.3 Å². The standard InChI is InChI=1S/C17H30N4O4S/c1-5-14-13(15(6-2)25-21-14)11-19-16(18-3)20-12-17(26(4,22)23)7-9-24-10-8-17/h5-12H2,1-4H3,(H2,18,19,20). The van der Waals surface area contributed by atoms with E-state index >= 15 is 0 Å². The molecule has 1 aliphatic heterocycles. The van der Waals surface area contributed by atoms with Crippen LogP contribution >= 0.6 is 0 Å². The summed E-state index contributed by atoms with van der Waals surface area (Å²) in [5, 5.41) is 10.5. The second kappa shape index (κ2) is 8.85. The van der Waals surface area contributed by atoms with Crippen LogP contribution in [0.5, 0.6) is 0 Å². The third-order valence-corrected chi connectivity index (χ3v) is 7.16. The number of aliphatic imine (C=N–C) groups is 1. The molecule has 2 rings (SSSR count). The molecule has 0 radical (unpaired) electrons. The van der Waals surface area contributed by atoms with E-state index in [0.717, 1.165) is 29.9 Å². The summed E-state index contributed by atoms with van der Waals surface area (Å²) in [4.78, 5) is 4.21. The highest BCUT2D eigenvalue weighted by Gasteiger charge is 2.42. The molecule has 2 N–H and O–H groups in total.